The predicted octanol–water partition coefficient (Wildman–Crippen LogP) is 3.71. The molecule has 23 heavy (non-hydrogen) atoms. The van der Waals surface area contributed by atoms with Crippen molar-refractivity contribution < 1.29 is 0 Å². The molecule has 0 saturated carbocycles. The van der Waals surface area contributed by atoms with Gasteiger partial charge < -0.3 is 11.1 Å². The van der Waals surface area contributed by atoms with Crippen LogP contribution in [0.1, 0.15) is 37.0 Å². The summed E-state index contributed by atoms with van der Waals surface area (Å²) in [6.07, 6.45) is 0.932. The summed E-state index contributed by atoms with van der Waals surface area (Å²) in [5.74, 6) is 0.473. The summed E-state index contributed by atoms with van der Waals surface area (Å²) in [6.45, 7) is 7.80. The molecular formula is C17H25IN4S. The highest BCUT2D eigenvalue weighted by atomic mass is 127. The monoisotopic (exact) mass is 444 g/mol. The molecule has 1 aromatic carbocycles. The van der Waals surface area contributed by atoms with E-state index >= 15 is 0 Å². The molecule has 126 valence electrons. The van der Waals surface area contributed by atoms with Gasteiger partial charge in [0.1, 0.15) is 0 Å². The summed E-state index contributed by atoms with van der Waals surface area (Å²) in [6, 6.07) is 10.3. The van der Waals surface area contributed by atoms with E-state index in [0.29, 0.717) is 12.5 Å². The molecule has 0 spiro atoms. The van der Waals surface area contributed by atoms with Gasteiger partial charge in [0, 0.05) is 17.3 Å². The molecule has 4 nitrogen and oxygen atoms in total. The van der Waals surface area contributed by atoms with Crippen molar-refractivity contribution in [3.8, 4) is 0 Å². The molecule has 0 aliphatic carbocycles. The van der Waals surface area contributed by atoms with Crippen LogP contribution in [0.3, 0.4) is 0 Å². The van der Waals surface area contributed by atoms with Gasteiger partial charge >= 0.3 is 0 Å². The third-order valence-corrected chi connectivity index (χ3v) is 4.48. The number of nitrogens with two attached hydrogens (primary N) is 1. The molecule has 1 heterocycles. The molecule has 2 aromatic rings. The van der Waals surface area contributed by atoms with E-state index < -0.39 is 0 Å². The Morgan fingerprint density at radius 1 is 1.26 bits per heavy atom. The molecule has 3 N–H and O–H groups in total. The number of aromatic nitrogens is 1. The zero-order valence-electron chi connectivity index (χ0n) is 13.9. The summed E-state index contributed by atoms with van der Waals surface area (Å²) < 4.78 is 0. The van der Waals surface area contributed by atoms with Crippen LogP contribution in [0.25, 0.3) is 0 Å². The van der Waals surface area contributed by atoms with Gasteiger partial charge in [-0.05, 0) is 12.0 Å². The van der Waals surface area contributed by atoms with Crippen LogP contribution in [-0.4, -0.2) is 17.5 Å². The molecule has 0 fully saturated rings. The predicted molar refractivity (Wildman–Crippen MR) is 110 cm³/mol. The molecule has 0 amide bonds. The number of benzene rings is 1. The lowest BCUT2D eigenvalue weighted by Gasteiger charge is -2.13. The Hall–Kier alpha value is -1.15. The van der Waals surface area contributed by atoms with Crippen LogP contribution in [0.15, 0.2) is 40.7 Å². The van der Waals surface area contributed by atoms with Gasteiger partial charge in [0.15, 0.2) is 5.96 Å². The average molecular weight is 444 g/mol. The first-order valence-corrected chi connectivity index (χ1v) is 8.36. The van der Waals surface area contributed by atoms with Gasteiger partial charge in [-0.25, -0.2) is 9.98 Å². The van der Waals surface area contributed by atoms with Gasteiger partial charge in [-0.15, -0.1) is 35.3 Å². The molecule has 0 radical (unpaired) electrons. The van der Waals surface area contributed by atoms with Crippen molar-refractivity contribution >= 4 is 41.3 Å². The number of rotatable bonds is 5. The minimum absolute atomic E-state index is 0. The molecular weight excluding hydrogens is 419 g/mol. The van der Waals surface area contributed by atoms with Crippen molar-refractivity contribution in [1.82, 2.24) is 10.3 Å². The number of thiazole rings is 1. The lowest BCUT2D eigenvalue weighted by atomic mass is 9.98. The highest BCUT2D eigenvalue weighted by Crippen LogP contribution is 2.25. The molecule has 6 heteroatoms. The standard InChI is InChI=1S/C17H24N4S.HI/c1-17(2,3)15-21-14(12-22-15)11-20-16(18)19-10-9-13-7-5-4-6-8-13;/h4-8,12H,9-11H2,1-3H3,(H3,18,19,20);1H. The fourth-order valence-electron chi connectivity index (χ4n) is 1.93. The molecule has 0 aliphatic rings. The van der Waals surface area contributed by atoms with Crippen molar-refractivity contribution in [2.75, 3.05) is 6.54 Å². The second-order valence-electron chi connectivity index (χ2n) is 6.26. The Bertz CT molecular complexity index is 617. The fourth-order valence-corrected chi connectivity index (χ4v) is 2.82. The van der Waals surface area contributed by atoms with Crippen molar-refractivity contribution in [3.05, 3.63) is 52.0 Å². The molecule has 1 aromatic heterocycles. The van der Waals surface area contributed by atoms with Crippen LogP contribution in [0, 0.1) is 0 Å². The van der Waals surface area contributed by atoms with Gasteiger partial charge in [0.05, 0.1) is 17.2 Å². The summed E-state index contributed by atoms with van der Waals surface area (Å²) in [7, 11) is 0. The van der Waals surface area contributed by atoms with E-state index in [-0.39, 0.29) is 29.4 Å². The lowest BCUT2D eigenvalue weighted by molar-refractivity contribution is 0.583. The summed E-state index contributed by atoms with van der Waals surface area (Å²) in [5, 5.41) is 6.33. The number of nitrogens with zero attached hydrogens (tertiary/aromatic N) is 2. The van der Waals surface area contributed by atoms with Gasteiger partial charge in [0.25, 0.3) is 0 Å². The van der Waals surface area contributed by atoms with Crippen LogP contribution in [-0.2, 0) is 18.4 Å². The van der Waals surface area contributed by atoms with E-state index in [1.54, 1.807) is 11.3 Å². The molecule has 0 unspecified atom stereocenters. The maximum absolute atomic E-state index is 5.89. The maximum Gasteiger partial charge on any atom is 0.188 e. The van der Waals surface area contributed by atoms with Crippen LogP contribution in [0.5, 0.6) is 0 Å². The average Bonchev–Trinajstić information content (AvgIpc) is 2.95. The first-order chi connectivity index (χ1) is 10.4. The first-order valence-electron chi connectivity index (χ1n) is 7.48. The SMILES string of the molecule is CC(C)(C)c1nc(CN=C(N)NCCc2ccccc2)cs1.I. The normalized spacial score (nSPS) is 11.9. The van der Waals surface area contributed by atoms with E-state index in [1.807, 2.05) is 18.2 Å². The van der Waals surface area contributed by atoms with Gasteiger partial charge in [-0.3, -0.25) is 0 Å². The van der Waals surface area contributed by atoms with Crippen molar-refractivity contribution in [2.24, 2.45) is 10.7 Å². The zero-order chi connectivity index (χ0) is 16.0. The number of guanidine groups is 1. The highest BCUT2D eigenvalue weighted by molar-refractivity contribution is 14.0. The van der Waals surface area contributed by atoms with Gasteiger partial charge in [0.2, 0.25) is 0 Å². The number of nitrogens with one attached hydrogen (secondary N) is 1. The van der Waals surface area contributed by atoms with E-state index in [9.17, 15) is 0 Å². The fraction of sp³-hybridized carbons (Fsp3) is 0.412. The molecule has 0 saturated heterocycles. The van der Waals surface area contributed by atoms with Gasteiger partial charge in [-0.2, -0.15) is 0 Å². The smallest absolute Gasteiger partial charge is 0.188 e. The first kappa shape index (κ1) is 19.9. The minimum atomic E-state index is 0. The van der Waals surface area contributed by atoms with Crippen LogP contribution in [0.2, 0.25) is 0 Å². The molecule has 0 aliphatic heterocycles. The third kappa shape index (κ3) is 6.87. The van der Waals surface area contributed by atoms with Crippen LogP contribution in [0.4, 0.5) is 0 Å². The lowest BCUT2D eigenvalue weighted by Crippen LogP contribution is -2.33. The summed E-state index contributed by atoms with van der Waals surface area (Å²) in [5.41, 5.74) is 8.25. The van der Waals surface area contributed by atoms with Crippen molar-refractivity contribution in [3.63, 3.8) is 0 Å². The van der Waals surface area contributed by atoms with Gasteiger partial charge in [-0.1, -0.05) is 51.1 Å². The Labute approximate surface area is 159 Å². The van der Waals surface area contributed by atoms with E-state index in [1.165, 1.54) is 5.56 Å². The summed E-state index contributed by atoms with van der Waals surface area (Å²) >= 11 is 1.68. The molecule has 2 rings (SSSR count). The van der Waals surface area contributed by atoms with Crippen LogP contribution < -0.4 is 11.1 Å². The Morgan fingerprint density at radius 2 is 1.96 bits per heavy atom. The quantitative estimate of drug-likeness (QED) is 0.420. The minimum Gasteiger partial charge on any atom is -0.370 e. The van der Waals surface area contributed by atoms with Crippen molar-refractivity contribution in [2.45, 2.75) is 39.2 Å². The van der Waals surface area contributed by atoms with E-state index in [4.69, 9.17) is 5.73 Å². The highest BCUT2D eigenvalue weighted by Gasteiger charge is 2.17. The number of hydrogen-bond acceptors (Lipinski definition) is 3. The van der Waals surface area contributed by atoms with Crippen molar-refractivity contribution in [1.29, 1.82) is 0 Å². The number of halogens is 1. The topological polar surface area (TPSA) is 63.3 Å². The summed E-state index contributed by atoms with van der Waals surface area (Å²) in [4.78, 5) is 8.96. The number of hydrogen-bond donors (Lipinski definition) is 2. The second-order valence-corrected chi connectivity index (χ2v) is 7.12. The number of aliphatic imine (C=N–C) groups is 1. The second kappa shape index (κ2) is 9.22. The van der Waals surface area contributed by atoms with Crippen LogP contribution >= 0.6 is 35.3 Å². The largest absolute Gasteiger partial charge is 0.370 e. The Kier molecular flexibility index (Phi) is 7.98. The third-order valence-electron chi connectivity index (χ3n) is 3.17. The van der Waals surface area contributed by atoms with E-state index in [0.717, 1.165) is 23.7 Å². The Balaban J connectivity index is 0.00000264. The zero-order valence-corrected chi connectivity index (χ0v) is 17.0. The maximum atomic E-state index is 5.89. The molecule has 0 atom stereocenters. The Morgan fingerprint density at radius 3 is 2.57 bits per heavy atom. The van der Waals surface area contributed by atoms with E-state index in [2.05, 4.69) is 53.6 Å². The molecule has 0 bridgehead atoms.